The van der Waals surface area contributed by atoms with Crippen LogP contribution in [0.5, 0.6) is 0 Å². The van der Waals surface area contributed by atoms with Gasteiger partial charge in [-0.15, -0.1) is 0 Å². The first-order chi connectivity index (χ1) is 11.8. The fraction of sp³-hybridized carbons (Fsp3) is 0.400. The number of ether oxygens (including phenoxy) is 1. The van der Waals surface area contributed by atoms with Crippen LogP contribution < -0.4 is 5.32 Å². The number of nitrogens with one attached hydrogen (secondary N) is 1. The van der Waals surface area contributed by atoms with Gasteiger partial charge in [0.2, 0.25) is 0 Å². The highest BCUT2D eigenvalue weighted by Gasteiger charge is 2.20. The van der Waals surface area contributed by atoms with Crippen molar-refractivity contribution < 1.29 is 18.7 Å². The van der Waals surface area contributed by atoms with Gasteiger partial charge in [0.25, 0.3) is 5.91 Å². The molecule has 1 amide bonds. The van der Waals surface area contributed by atoms with Gasteiger partial charge in [0.05, 0.1) is 6.61 Å². The number of carbonyl (C=O) groups is 2. The zero-order valence-corrected chi connectivity index (χ0v) is 15.4. The molecule has 0 spiro atoms. The van der Waals surface area contributed by atoms with Crippen LogP contribution in [0.1, 0.15) is 52.4 Å². The van der Waals surface area contributed by atoms with Crippen molar-refractivity contribution in [1.82, 2.24) is 5.32 Å². The van der Waals surface area contributed by atoms with Crippen molar-refractivity contribution in [2.75, 3.05) is 6.61 Å². The fourth-order valence-corrected chi connectivity index (χ4v) is 2.85. The minimum Gasteiger partial charge on any atom is -0.464 e. The van der Waals surface area contributed by atoms with E-state index in [-0.39, 0.29) is 12.4 Å². The first-order valence-corrected chi connectivity index (χ1v) is 8.44. The van der Waals surface area contributed by atoms with Crippen LogP contribution in [0.15, 0.2) is 28.7 Å². The summed E-state index contributed by atoms with van der Waals surface area (Å²) in [5.41, 5.74) is 4.84. The summed E-state index contributed by atoms with van der Waals surface area (Å²) in [7, 11) is 0. The smallest absolute Gasteiger partial charge is 0.328 e. The number of hydrogen-bond acceptors (Lipinski definition) is 4. The standard InChI is InChI=1S/C20H25NO4/c1-6-24-20(23)15(5)21-19(22)18-8-7-16(25-18)11-17-13(3)9-12(2)10-14(17)4/h7-10,15H,6,11H2,1-5H3,(H,21,22). The first kappa shape index (κ1) is 18.8. The van der Waals surface area contributed by atoms with Crippen LogP contribution >= 0.6 is 0 Å². The molecular formula is C20H25NO4. The van der Waals surface area contributed by atoms with E-state index in [9.17, 15) is 9.59 Å². The molecule has 5 nitrogen and oxygen atoms in total. The lowest BCUT2D eigenvalue weighted by molar-refractivity contribution is -0.144. The van der Waals surface area contributed by atoms with E-state index in [1.807, 2.05) is 0 Å². The molecule has 0 aliphatic rings. The Bertz CT molecular complexity index is 753. The van der Waals surface area contributed by atoms with Crippen molar-refractivity contribution in [3.8, 4) is 0 Å². The number of hydrogen-bond donors (Lipinski definition) is 1. The maximum atomic E-state index is 12.2. The van der Waals surface area contributed by atoms with Gasteiger partial charge in [-0.3, -0.25) is 4.79 Å². The highest BCUT2D eigenvalue weighted by Crippen LogP contribution is 2.21. The van der Waals surface area contributed by atoms with Crippen LogP contribution in [0, 0.1) is 20.8 Å². The molecule has 0 radical (unpaired) electrons. The first-order valence-electron chi connectivity index (χ1n) is 8.44. The maximum absolute atomic E-state index is 12.2. The zero-order chi connectivity index (χ0) is 18.6. The van der Waals surface area contributed by atoms with Crippen molar-refractivity contribution in [3.63, 3.8) is 0 Å². The molecule has 25 heavy (non-hydrogen) atoms. The van der Waals surface area contributed by atoms with Crippen molar-refractivity contribution in [2.24, 2.45) is 0 Å². The van der Waals surface area contributed by atoms with E-state index >= 15 is 0 Å². The third kappa shape index (κ3) is 4.72. The number of benzene rings is 1. The molecule has 1 heterocycles. The van der Waals surface area contributed by atoms with Crippen LogP contribution in [0.25, 0.3) is 0 Å². The predicted molar refractivity (Wildman–Crippen MR) is 95.7 cm³/mol. The lowest BCUT2D eigenvalue weighted by atomic mass is 9.97. The molecule has 1 atom stereocenters. The molecule has 2 aromatic rings. The molecule has 1 N–H and O–H groups in total. The number of amides is 1. The predicted octanol–water partition coefficient (Wildman–Crippen LogP) is 3.48. The van der Waals surface area contributed by atoms with Crippen molar-refractivity contribution in [2.45, 2.75) is 47.1 Å². The van der Waals surface area contributed by atoms with Crippen molar-refractivity contribution in [1.29, 1.82) is 0 Å². The van der Waals surface area contributed by atoms with E-state index in [2.05, 4.69) is 38.2 Å². The van der Waals surface area contributed by atoms with E-state index in [0.717, 1.165) is 0 Å². The lowest BCUT2D eigenvalue weighted by Gasteiger charge is -2.11. The molecule has 1 aromatic carbocycles. The van der Waals surface area contributed by atoms with E-state index in [0.29, 0.717) is 12.2 Å². The molecule has 5 heteroatoms. The summed E-state index contributed by atoms with van der Waals surface area (Å²) in [5, 5.41) is 2.58. The Kier molecular flexibility index (Phi) is 6.02. The SMILES string of the molecule is CCOC(=O)C(C)NC(=O)c1ccc(Cc2c(C)cc(C)cc2C)o1. The van der Waals surface area contributed by atoms with Crippen LogP contribution in [0.4, 0.5) is 0 Å². The summed E-state index contributed by atoms with van der Waals surface area (Å²) in [4.78, 5) is 23.8. The average Bonchev–Trinajstić information content (AvgIpc) is 2.99. The Morgan fingerprint density at radius 3 is 2.40 bits per heavy atom. The Morgan fingerprint density at radius 1 is 1.16 bits per heavy atom. The third-order valence-corrected chi connectivity index (χ3v) is 4.06. The quantitative estimate of drug-likeness (QED) is 0.816. The summed E-state index contributed by atoms with van der Waals surface area (Å²) in [5.74, 6) is 0.00949. The molecular weight excluding hydrogens is 318 g/mol. The maximum Gasteiger partial charge on any atom is 0.328 e. The van der Waals surface area contributed by atoms with E-state index < -0.39 is 17.9 Å². The highest BCUT2D eigenvalue weighted by molar-refractivity contribution is 5.94. The number of furan rings is 1. The van der Waals surface area contributed by atoms with Gasteiger partial charge in [0, 0.05) is 6.42 Å². The fourth-order valence-electron chi connectivity index (χ4n) is 2.85. The summed E-state index contributed by atoms with van der Waals surface area (Å²) < 4.78 is 10.5. The van der Waals surface area contributed by atoms with Crippen LogP contribution in [-0.2, 0) is 16.0 Å². The van der Waals surface area contributed by atoms with Gasteiger partial charge in [0.1, 0.15) is 11.8 Å². The molecule has 0 aliphatic heterocycles. The van der Waals surface area contributed by atoms with E-state index in [4.69, 9.17) is 9.15 Å². The summed E-state index contributed by atoms with van der Waals surface area (Å²) in [6, 6.07) is 6.98. The molecule has 0 saturated carbocycles. The van der Waals surface area contributed by atoms with Gasteiger partial charge in [-0.25, -0.2) is 4.79 Å². The molecule has 1 aromatic heterocycles. The second kappa shape index (κ2) is 8.01. The molecule has 134 valence electrons. The Balaban J connectivity index is 2.07. The average molecular weight is 343 g/mol. The Hall–Kier alpha value is -2.56. The third-order valence-electron chi connectivity index (χ3n) is 4.06. The molecule has 0 bridgehead atoms. The van der Waals surface area contributed by atoms with Crippen molar-refractivity contribution in [3.05, 3.63) is 58.0 Å². The van der Waals surface area contributed by atoms with Crippen LogP contribution in [-0.4, -0.2) is 24.5 Å². The monoisotopic (exact) mass is 343 g/mol. The minimum absolute atomic E-state index is 0.188. The Morgan fingerprint density at radius 2 is 1.80 bits per heavy atom. The molecule has 2 rings (SSSR count). The molecule has 0 fully saturated rings. The number of esters is 1. The van der Waals surface area contributed by atoms with Gasteiger partial charge in [0.15, 0.2) is 5.76 Å². The van der Waals surface area contributed by atoms with Crippen LogP contribution in [0.3, 0.4) is 0 Å². The van der Waals surface area contributed by atoms with Gasteiger partial charge in [-0.2, -0.15) is 0 Å². The summed E-state index contributed by atoms with van der Waals surface area (Å²) in [6.07, 6.45) is 0.624. The van der Waals surface area contributed by atoms with Gasteiger partial charge < -0.3 is 14.5 Å². The topological polar surface area (TPSA) is 68.5 Å². The van der Waals surface area contributed by atoms with Gasteiger partial charge in [-0.1, -0.05) is 17.7 Å². The second-order valence-corrected chi connectivity index (χ2v) is 6.27. The minimum atomic E-state index is -0.720. The largest absolute Gasteiger partial charge is 0.464 e. The molecule has 0 aliphatic carbocycles. The van der Waals surface area contributed by atoms with Gasteiger partial charge >= 0.3 is 5.97 Å². The summed E-state index contributed by atoms with van der Waals surface area (Å²) in [6.45, 7) is 9.81. The molecule has 0 saturated heterocycles. The van der Waals surface area contributed by atoms with Crippen molar-refractivity contribution >= 4 is 11.9 Å². The number of carbonyl (C=O) groups excluding carboxylic acids is 2. The highest BCUT2D eigenvalue weighted by atomic mass is 16.5. The number of aryl methyl sites for hydroxylation is 3. The Labute approximate surface area is 148 Å². The summed E-state index contributed by atoms with van der Waals surface area (Å²) >= 11 is 0. The normalized spacial score (nSPS) is 11.9. The lowest BCUT2D eigenvalue weighted by Crippen LogP contribution is -2.39. The molecule has 1 unspecified atom stereocenters. The van der Waals surface area contributed by atoms with Gasteiger partial charge in [-0.05, 0) is 63.4 Å². The van der Waals surface area contributed by atoms with E-state index in [1.54, 1.807) is 26.0 Å². The van der Waals surface area contributed by atoms with Crippen LogP contribution in [0.2, 0.25) is 0 Å². The number of rotatable bonds is 6. The zero-order valence-electron chi connectivity index (χ0n) is 15.4. The second-order valence-electron chi connectivity index (χ2n) is 6.27. The van der Waals surface area contributed by atoms with E-state index in [1.165, 1.54) is 22.3 Å².